The minimum atomic E-state index is -0.544. The Hall–Kier alpha value is -4.07. The molecule has 0 bridgehead atoms. The van der Waals surface area contributed by atoms with Crippen LogP contribution >= 0.6 is 24.8 Å². The number of nitrogens with one attached hydrogen (secondary N) is 1. The summed E-state index contributed by atoms with van der Waals surface area (Å²) in [4.78, 5) is 25.5. The van der Waals surface area contributed by atoms with Gasteiger partial charge in [-0.2, -0.15) is 0 Å². The lowest BCUT2D eigenvalue weighted by atomic mass is 10.0. The van der Waals surface area contributed by atoms with Crippen LogP contribution in [0.1, 0.15) is 10.4 Å². The molecule has 2 aromatic heterocycles. The van der Waals surface area contributed by atoms with E-state index < -0.39 is 5.91 Å². The van der Waals surface area contributed by atoms with E-state index >= 15 is 0 Å². The van der Waals surface area contributed by atoms with E-state index in [1.54, 1.807) is 36.7 Å². The number of aromatic nitrogens is 3. The van der Waals surface area contributed by atoms with Gasteiger partial charge in [0.25, 0.3) is 5.91 Å². The molecule has 0 atom stereocenters. The number of hydrogen-bond acceptors (Lipinski definition) is 5. The Bertz CT molecular complexity index is 1500. The number of fused-ring (bicyclic) bond motifs is 1. The summed E-state index contributed by atoms with van der Waals surface area (Å²) in [5.74, 6) is 0.124. The quantitative estimate of drug-likeness (QED) is 0.296. The number of rotatable bonds is 5. The number of para-hydroxylation sites is 1. The number of primary amides is 1. The summed E-state index contributed by atoms with van der Waals surface area (Å²) in [5.41, 5.74) is 9.39. The fourth-order valence-electron chi connectivity index (χ4n) is 3.63. The van der Waals surface area contributed by atoms with Crippen LogP contribution in [0.4, 0.5) is 15.9 Å². The number of nitrogens with two attached hydrogens (primary N) is 1. The molecule has 0 aliphatic rings. The first-order valence-electron chi connectivity index (χ1n) is 10.2. The van der Waals surface area contributed by atoms with Crippen LogP contribution in [-0.2, 0) is 0 Å². The van der Waals surface area contributed by atoms with Gasteiger partial charge in [-0.05, 0) is 59.7 Å². The summed E-state index contributed by atoms with van der Waals surface area (Å²) < 4.78 is 13.8. The summed E-state index contributed by atoms with van der Waals surface area (Å²) in [6, 6.07) is 22.7. The van der Waals surface area contributed by atoms with E-state index in [2.05, 4.69) is 10.3 Å². The molecule has 3 aromatic carbocycles. The summed E-state index contributed by atoms with van der Waals surface area (Å²) in [6.07, 6.45) is 3.35. The van der Waals surface area contributed by atoms with Crippen molar-refractivity contribution in [3.8, 4) is 22.5 Å². The fraction of sp³-hybridized carbons (Fsp3) is 0. The number of carbonyl (C=O) groups is 1. The highest BCUT2D eigenvalue weighted by Crippen LogP contribution is 2.31. The first-order valence-corrected chi connectivity index (χ1v) is 10.2. The van der Waals surface area contributed by atoms with Crippen molar-refractivity contribution in [2.75, 3.05) is 5.32 Å². The number of halogens is 3. The van der Waals surface area contributed by atoms with Crippen molar-refractivity contribution in [3.63, 3.8) is 0 Å². The van der Waals surface area contributed by atoms with Crippen molar-refractivity contribution < 1.29 is 9.18 Å². The Morgan fingerprint density at radius 2 is 1.60 bits per heavy atom. The third kappa shape index (κ3) is 5.37. The minimum Gasteiger partial charge on any atom is -0.366 e. The number of anilines is 2. The van der Waals surface area contributed by atoms with Gasteiger partial charge in [0.2, 0.25) is 0 Å². The average molecular weight is 508 g/mol. The Balaban J connectivity index is 0.00000171. The molecule has 5 aromatic rings. The van der Waals surface area contributed by atoms with Gasteiger partial charge in [0, 0.05) is 23.3 Å². The second kappa shape index (κ2) is 10.9. The fourth-order valence-corrected chi connectivity index (χ4v) is 3.63. The Morgan fingerprint density at radius 3 is 2.34 bits per heavy atom. The molecule has 2 heterocycles. The molecule has 3 N–H and O–H groups in total. The number of carbonyl (C=O) groups excluding carboxylic acids is 1. The molecular formula is C26H20Cl2FN5O. The van der Waals surface area contributed by atoms with Gasteiger partial charge in [-0.1, -0.05) is 30.3 Å². The van der Waals surface area contributed by atoms with Crippen LogP contribution in [0.2, 0.25) is 0 Å². The highest BCUT2D eigenvalue weighted by molar-refractivity contribution is 6.01. The molecule has 0 aliphatic heterocycles. The molecule has 35 heavy (non-hydrogen) atoms. The molecular weight excluding hydrogens is 488 g/mol. The predicted octanol–water partition coefficient (Wildman–Crippen LogP) is 6.18. The van der Waals surface area contributed by atoms with Crippen molar-refractivity contribution in [2.45, 2.75) is 0 Å². The zero-order chi connectivity index (χ0) is 22.8. The SMILES string of the molecule is Cl.Cl.NC(=O)c1ccccc1Nc1nc(-c2cccnc2)nc2cc(-c3cccc(F)c3)ccc12. The molecule has 0 aliphatic carbocycles. The first-order chi connectivity index (χ1) is 16.1. The molecule has 0 fully saturated rings. The number of amides is 1. The molecule has 0 unspecified atom stereocenters. The molecule has 0 saturated heterocycles. The highest BCUT2D eigenvalue weighted by atomic mass is 35.5. The Kier molecular flexibility index (Phi) is 7.96. The lowest BCUT2D eigenvalue weighted by molar-refractivity contribution is 0.100. The molecule has 0 radical (unpaired) electrons. The highest BCUT2D eigenvalue weighted by Gasteiger charge is 2.14. The van der Waals surface area contributed by atoms with Crippen molar-refractivity contribution in [3.05, 3.63) is 103 Å². The molecule has 1 amide bonds. The molecule has 0 saturated carbocycles. The second-order valence-corrected chi connectivity index (χ2v) is 7.41. The summed E-state index contributed by atoms with van der Waals surface area (Å²) in [6.45, 7) is 0. The van der Waals surface area contributed by atoms with Gasteiger partial charge in [-0.3, -0.25) is 9.78 Å². The largest absolute Gasteiger partial charge is 0.366 e. The third-order valence-corrected chi connectivity index (χ3v) is 5.22. The average Bonchev–Trinajstić information content (AvgIpc) is 2.84. The van der Waals surface area contributed by atoms with Gasteiger partial charge in [0.1, 0.15) is 11.6 Å². The second-order valence-electron chi connectivity index (χ2n) is 7.41. The van der Waals surface area contributed by atoms with E-state index in [4.69, 9.17) is 15.7 Å². The van der Waals surface area contributed by atoms with Crippen molar-refractivity contribution in [2.24, 2.45) is 5.73 Å². The van der Waals surface area contributed by atoms with E-state index in [0.717, 1.165) is 22.1 Å². The van der Waals surface area contributed by atoms with E-state index in [1.807, 2.05) is 42.5 Å². The third-order valence-electron chi connectivity index (χ3n) is 5.22. The summed E-state index contributed by atoms with van der Waals surface area (Å²) in [5, 5.41) is 3.98. The van der Waals surface area contributed by atoms with Crippen LogP contribution in [0.3, 0.4) is 0 Å². The van der Waals surface area contributed by atoms with Gasteiger partial charge in [0.05, 0.1) is 16.8 Å². The van der Waals surface area contributed by atoms with Crippen molar-refractivity contribution >= 4 is 53.1 Å². The normalized spacial score (nSPS) is 10.2. The number of benzene rings is 3. The van der Waals surface area contributed by atoms with E-state index in [9.17, 15) is 9.18 Å². The predicted molar refractivity (Wildman–Crippen MR) is 141 cm³/mol. The maximum Gasteiger partial charge on any atom is 0.250 e. The zero-order valence-corrected chi connectivity index (χ0v) is 19.8. The molecule has 5 rings (SSSR count). The van der Waals surface area contributed by atoms with Crippen molar-refractivity contribution in [1.82, 2.24) is 15.0 Å². The van der Waals surface area contributed by atoms with Crippen LogP contribution < -0.4 is 11.1 Å². The minimum absolute atomic E-state index is 0. The molecule has 9 heteroatoms. The maximum absolute atomic E-state index is 13.8. The van der Waals surface area contributed by atoms with Crippen LogP contribution in [0.25, 0.3) is 33.4 Å². The number of pyridine rings is 1. The van der Waals surface area contributed by atoms with Gasteiger partial charge in [0.15, 0.2) is 5.82 Å². The van der Waals surface area contributed by atoms with Gasteiger partial charge in [-0.15, -0.1) is 24.8 Å². The van der Waals surface area contributed by atoms with Gasteiger partial charge in [-0.25, -0.2) is 14.4 Å². The Labute approximate surface area is 213 Å². The summed E-state index contributed by atoms with van der Waals surface area (Å²) >= 11 is 0. The lowest BCUT2D eigenvalue weighted by Crippen LogP contribution is -2.13. The van der Waals surface area contributed by atoms with Crippen LogP contribution in [-0.4, -0.2) is 20.9 Å². The monoisotopic (exact) mass is 507 g/mol. The van der Waals surface area contributed by atoms with E-state index in [1.165, 1.54) is 12.1 Å². The van der Waals surface area contributed by atoms with E-state index in [-0.39, 0.29) is 30.6 Å². The van der Waals surface area contributed by atoms with Crippen molar-refractivity contribution in [1.29, 1.82) is 0 Å². The summed E-state index contributed by atoms with van der Waals surface area (Å²) in [7, 11) is 0. The Morgan fingerprint density at radius 1 is 0.829 bits per heavy atom. The smallest absolute Gasteiger partial charge is 0.250 e. The molecule has 176 valence electrons. The number of hydrogen-bond donors (Lipinski definition) is 2. The van der Waals surface area contributed by atoms with Crippen LogP contribution in [0, 0.1) is 5.82 Å². The molecule has 0 spiro atoms. The number of nitrogens with zero attached hydrogens (tertiary/aromatic N) is 3. The zero-order valence-electron chi connectivity index (χ0n) is 18.2. The van der Waals surface area contributed by atoms with Gasteiger partial charge < -0.3 is 11.1 Å². The topological polar surface area (TPSA) is 93.8 Å². The first kappa shape index (κ1) is 25.6. The maximum atomic E-state index is 13.8. The standard InChI is InChI=1S/C26H18FN5O.2ClH/c27-19-7-3-5-16(13-19)17-10-11-21-23(14-17)31-25(18-6-4-12-29-15-18)32-26(21)30-22-9-2-1-8-20(22)24(28)33;;/h1-15H,(H2,28,33)(H,30,31,32);2*1H. The molecule has 6 nitrogen and oxygen atoms in total. The van der Waals surface area contributed by atoms with Crippen LogP contribution in [0.5, 0.6) is 0 Å². The van der Waals surface area contributed by atoms with E-state index in [0.29, 0.717) is 28.4 Å². The van der Waals surface area contributed by atoms with Crippen LogP contribution in [0.15, 0.2) is 91.3 Å². The van der Waals surface area contributed by atoms with Gasteiger partial charge >= 0.3 is 0 Å². The lowest BCUT2D eigenvalue weighted by Gasteiger charge is -2.14.